The molecule has 0 saturated heterocycles. The number of anilines is 1. The Kier molecular flexibility index (Phi) is 5.50. The molecule has 0 atom stereocenters. The Morgan fingerprint density at radius 1 is 1.11 bits per heavy atom. The van der Waals surface area contributed by atoms with Crippen LogP contribution in [0.15, 0.2) is 76.2 Å². The lowest BCUT2D eigenvalue weighted by atomic mass is 10.2. The first-order valence-corrected chi connectivity index (χ1v) is 10.1. The Hall–Kier alpha value is -2.97. The lowest BCUT2D eigenvalue weighted by Crippen LogP contribution is -2.12. The van der Waals surface area contributed by atoms with Gasteiger partial charge in [-0.1, -0.05) is 18.2 Å². The number of nitrogens with one attached hydrogen (secondary N) is 1. The van der Waals surface area contributed by atoms with E-state index in [-0.39, 0.29) is 17.5 Å². The van der Waals surface area contributed by atoms with Gasteiger partial charge in [0, 0.05) is 33.3 Å². The van der Waals surface area contributed by atoms with Crippen molar-refractivity contribution in [1.82, 2.24) is 9.36 Å². The molecule has 28 heavy (non-hydrogen) atoms. The standard InChI is InChI=1S/C20H14FN3O2S2/c21-15-8-6-13(7-9-15)18-22-20(28-24-18)23-19(25)17-14(10-11-26-17)12-27-16-4-2-1-3-5-16/h1-11H,12H2,(H,22,23,24,25). The molecule has 0 saturated carbocycles. The minimum Gasteiger partial charge on any atom is -0.459 e. The minimum absolute atomic E-state index is 0.252. The van der Waals surface area contributed by atoms with Gasteiger partial charge in [0.25, 0.3) is 5.91 Å². The summed E-state index contributed by atoms with van der Waals surface area (Å²) in [7, 11) is 0. The molecule has 0 spiro atoms. The zero-order valence-corrected chi connectivity index (χ0v) is 16.1. The quantitative estimate of drug-likeness (QED) is 0.426. The van der Waals surface area contributed by atoms with Crippen molar-refractivity contribution in [2.24, 2.45) is 0 Å². The number of nitrogens with zero attached hydrogens (tertiary/aromatic N) is 2. The maximum Gasteiger partial charge on any atom is 0.293 e. The Morgan fingerprint density at radius 3 is 2.68 bits per heavy atom. The number of benzene rings is 2. The van der Waals surface area contributed by atoms with Crippen molar-refractivity contribution in [2.75, 3.05) is 5.32 Å². The summed E-state index contributed by atoms with van der Waals surface area (Å²) in [6.45, 7) is 0. The van der Waals surface area contributed by atoms with Crippen LogP contribution in [0.1, 0.15) is 16.1 Å². The average Bonchev–Trinajstić information content (AvgIpc) is 3.37. The number of furan rings is 1. The van der Waals surface area contributed by atoms with Crippen molar-refractivity contribution in [3.05, 3.63) is 84.1 Å². The summed E-state index contributed by atoms with van der Waals surface area (Å²) in [5.41, 5.74) is 1.48. The molecule has 2 heterocycles. The highest BCUT2D eigenvalue weighted by Crippen LogP contribution is 2.26. The van der Waals surface area contributed by atoms with Gasteiger partial charge in [-0.3, -0.25) is 10.1 Å². The molecule has 0 unspecified atom stereocenters. The summed E-state index contributed by atoms with van der Waals surface area (Å²) in [4.78, 5) is 18.0. The molecule has 2 aromatic heterocycles. The van der Waals surface area contributed by atoms with E-state index < -0.39 is 0 Å². The van der Waals surface area contributed by atoms with Gasteiger partial charge in [0.1, 0.15) is 5.82 Å². The second-order valence-electron chi connectivity index (χ2n) is 5.76. The van der Waals surface area contributed by atoms with Gasteiger partial charge in [0.2, 0.25) is 5.13 Å². The first-order valence-electron chi connectivity index (χ1n) is 8.34. The number of hydrogen-bond acceptors (Lipinski definition) is 6. The number of amides is 1. The maximum atomic E-state index is 13.0. The number of thioether (sulfide) groups is 1. The molecule has 4 rings (SSSR count). The van der Waals surface area contributed by atoms with E-state index in [1.54, 1.807) is 30.0 Å². The van der Waals surface area contributed by atoms with Gasteiger partial charge in [-0.2, -0.15) is 9.36 Å². The molecule has 1 amide bonds. The molecule has 0 aliphatic carbocycles. The average molecular weight is 411 g/mol. The highest BCUT2D eigenvalue weighted by atomic mass is 32.2. The van der Waals surface area contributed by atoms with Gasteiger partial charge >= 0.3 is 0 Å². The Morgan fingerprint density at radius 2 is 1.89 bits per heavy atom. The van der Waals surface area contributed by atoms with Crippen LogP contribution >= 0.6 is 23.3 Å². The Bertz CT molecular complexity index is 1080. The van der Waals surface area contributed by atoms with Crippen LogP contribution in [0.25, 0.3) is 11.4 Å². The zero-order chi connectivity index (χ0) is 19.3. The fourth-order valence-corrected chi connectivity index (χ4v) is 3.95. The van der Waals surface area contributed by atoms with Gasteiger partial charge in [-0.05, 0) is 42.5 Å². The molecule has 0 bridgehead atoms. The molecule has 140 valence electrons. The van der Waals surface area contributed by atoms with Crippen LogP contribution in [-0.2, 0) is 5.75 Å². The summed E-state index contributed by atoms with van der Waals surface area (Å²) in [5.74, 6) is 0.587. The Labute approximate surface area is 168 Å². The largest absolute Gasteiger partial charge is 0.459 e. The number of aromatic nitrogens is 2. The molecule has 0 fully saturated rings. The van der Waals surface area contributed by atoms with Gasteiger partial charge in [0.05, 0.1) is 6.26 Å². The van der Waals surface area contributed by atoms with E-state index in [0.29, 0.717) is 22.3 Å². The fraction of sp³-hybridized carbons (Fsp3) is 0.0500. The Balaban J connectivity index is 1.43. The van der Waals surface area contributed by atoms with E-state index in [1.807, 2.05) is 30.3 Å². The summed E-state index contributed by atoms with van der Waals surface area (Å²) < 4.78 is 22.6. The normalized spacial score (nSPS) is 10.8. The molecule has 2 aromatic carbocycles. The maximum absolute atomic E-state index is 13.0. The second-order valence-corrected chi connectivity index (χ2v) is 7.56. The molecule has 0 radical (unpaired) electrons. The van der Waals surface area contributed by atoms with Crippen molar-refractivity contribution < 1.29 is 13.6 Å². The SMILES string of the molecule is O=C(Nc1nc(-c2ccc(F)cc2)ns1)c1occc1CSc1ccccc1. The molecular formula is C20H14FN3O2S2. The topological polar surface area (TPSA) is 68.0 Å². The first-order chi connectivity index (χ1) is 13.7. The lowest BCUT2D eigenvalue weighted by Gasteiger charge is -2.03. The van der Waals surface area contributed by atoms with Gasteiger partial charge in [-0.15, -0.1) is 11.8 Å². The smallest absolute Gasteiger partial charge is 0.293 e. The minimum atomic E-state index is -0.379. The highest BCUT2D eigenvalue weighted by Gasteiger charge is 2.18. The highest BCUT2D eigenvalue weighted by molar-refractivity contribution is 7.98. The molecule has 0 aliphatic heterocycles. The monoisotopic (exact) mass is 411 g/mol. The van der Waals surface area contributed by atoms with E-state index in [9.17, 15) is 9.18 Å². The summed E-state index contributed by atoms with van der Waals surface area (Å²) in [6.07, 6.45) is 1.50. The predicted molar refractivity (Wildman–Crippen MR) is 108 cm³/mol. The molecule has 5 nitrogen and oxygen atoms in total. The van der Waals surface area contributed by atoms with Gasteiger partial charge < -0.3 is 4.42 Å². The van der Waals surface area contributed by atoms with Crippen LogP contribution in [0.3, 0.4) is 0 Å². The van der Waals surface area contributed by atoms with Crippen LogP contribution in [-0.4, -0.2) is 15.3 Å². The third-order valence-electron chi connectivity index (χ3n) is 3.84. The van der Waals surface area contributed by atoms with Crippen LogP contribution in [0.2, 0.25) is 0 Å². The molecule has 0 aliphatic rings. The summed E-state index contributed by atoms with van der Waals surface area (Å²) in [6, 6.07) is 17.6. The predicted octanol–water partition coefficient (Wildman–Crippen LogP) is 5.48. The number of hydrogen-bond donors (Lipinski definition) is 1. The van der Waals surface area contributed by atoms with Crippen LogP contribution in [0.4, 0.5) is 9.52 Å². The van der Waals surface area contributed by atoms with Crippen LogP contribution < -0.4 is 5.32 Å². The van der Waals surface area contributed by atoms with E-state index in [4.69, 9.17) is 4.42 Å². The van der Waals surface area contributed by atoms with E-state index in [1.165, 1.54) is 18.4 Å². The molecule has 1 N–H and O–H groups in total. The molecular weight excluding hydrogens is 397 g/mol. The van der Waals surface area contributed by atoms with E-state index in [2.05, 4.69) is 14.7 Å². The fourth-order valence-electron chi connectivity index (χ4n) is 2.47. The number of halogens is 1. The van der Waals surface area contributed by atoms with E-state index >= 15 is 0 Å². The lowest BCUT2D eigenvalue weighted by molar-refractivity contribution is 0.0996. The third-order valence-corrected chi connectivity index (χ3v) is 5.53. The van der Waals surface area contributed by atoms with Crippen molar-refractivity contribution in [2.45, 2.75) is 10.6 Å². The zero-order valence-electron chi connectivity index (χ0n) is 14.5. The number of carbonyl (C=O) groups excluding carboxylic acids is 1. The summed E-state index contributed by atoms with van der Waals surface area (Å²) in [5, 5.41) is 3.06. The second kappa shape index (κ2) is 8.37. The van der Waals surface area contributed by atoms with Crippen molar-refractivity contribution >= 4 is 34.3 Å². The number of carbonyl (C=O) groups is 1. The van der Waals surface area contributed by atoms with Crippen molar-refractivity contribution in [3.63, 3.8) is 0 Å². The van der Waals surface area contributed by atoms with Crippen LogP contribution in [0, 0.1) is 5.82 Å². The molecule has 4 aromatic rings. The molecule has 8 heteroatoms. The third kappa shape index (κ3) is 4.29. The van der Waals surface area contributed by atoms with Gasteiger partial charge in [0.15, 0.2) is 11.6 Å². The first kappa shape index (κ1) is 18.4. The number of rotatable bonds is 6. The van der Waals surface area contributed by atoms with Crippen molar-refractivity contribution in [3.8, 4) is 11.4 Å². The summed E-state index contributed by atoms with van der Waals surface area (Å²) >= 11 is 2.68. The van der Waals surface area contributed by atoms with Crippen LogP contribution in [0.5, 0.6) is 0 Å². The van der Waals surface area contributed by atoms with E-state index in [0.717, 1.165) is 22.0 Å². The van der Waals surface area contributed by atoms with Gasteiger partial charge in [-0.25, -0.2) is 4.39 Å². The van der Waals surface area contributed by atoms with Crippen molar-refractivity contribution in [1.29, 1.82) is 0 Å².